The Hall–Kier alpha value is -2.54. The number of likely N-dealkylation sites (tertiary alicyclic amines) is 1. The second-order valence-electron chi connectivity index (χ2n) is 7.07. The number of aromatic hydroxyl groups is 1. The molecule has 136 valence electrons. The number of aromatic nitrogens is 2. The average Bonchev–Trinajstić information content (AvgIpc) is 3.15. The number of fused-ring (bicyclic) bond motifs is 1. The van der Waals surface area contributed by atoms with Gasteiger partial charge in [0.2, 0.25) is 5.95 Å². The highest BCUT2D eigenvalue weighted by atomic mass is 19.1. The van der Waals surface area contributed by atoms with Gasteiger partial charge in [-0.25, -0.2) is 9.97 Å². The number of hydrogen-bond acceptors (Lipinski definition) is 6. The van der Waals surface area contributed by atoms with Crippen molar-refractivity contribution in [3.8, 4) is 11.5 Å². The Morgan fingerprint density at radius 2 is 1.92 bits per heavy atom. The quantitative estimate of drug-likeness (QED) is 0.654. The van der Waals surface area contributed by atoms with Crippen LogP contribution in [-0.4, -0.2) is 51.5 Å². The van der Waals surface area contributed by atoms with Crippen LogP contribution in [0.15, 0.2) is 36.7 Å². The highest BCUT2D eigenvalue weighted by Gasteiger charge is 2.42. The summed E-state index contributed by atoms with van der Waals surface area (Å²) in [5.74, 6) is 1.13. The largest absolute Gasteiger partial charge is 0.506 e. The summed E-state index contributed by atoms with van der Waals surface area (Å²) in [6.07, 6.45) is 4.69. The second-order valence-corrected chi connectivity index (χ2v) is 7.07. The molecule has 26 heavy (non-hydrogen) atoms. The van der Waals surface area contributed by atoms with Gasteiger partial charge in [-0.15, -0.1) is 0 Å². The zero-order valence-electron chi connectivity index (χ0n) is 14.2. The van der Waals surface area contributed by atoms with Crippen LogP contribution in [0, 0.1) is 17.8 Å². The molecule has 0 amide bonds. The molecule has 6 nitrogen and oxygen atoms in total. The molecule has 0 aromatic carbocycles. The maximum absolute atomic E-state index is 12.9. The maximum Gasteiger partial charge on any atom is 0.213 e. The van der Waals surface area contributed by atoms with Crippen LogP contribution in [0.1, 0.15) is 23.3 Å². The molecule has 2 fully saturated rings. The second kappa shape index (κ2) is 6.99. The fraction of sp³-hybridized carbons (Fsp3) is 0.421. The summed E-state index contributed by atoms with van der Waals surface area (Å²) < 4.78 is 18.8. The smallest absolute Gasteiger partial charge is 0.213 e. The molecule has 1 aliphatic heterocycles. The standard InChI is InChI=1S/C19H20FN3O3/c20-19-4-2-15(8-22-19)26-16-5-12-9-23(10-13(12)6-16)11-18(25)17-3-1-14(24)7-21-17/h1-4,7-8,12-13,16,24H,5-6,9-11H2/t12-,13+,16-. The van der Waals surface area contributed by atoms with E-state index in [-0.39, 0.29) is 17.6 Å². The minimum Gasteiger partial charge on any atom is -0.506 e. The first kappa shape index (κ1) is 16.9. The molecular formula is C19H20FN3O3. The van der Waals surface area contributed by atoms with E-state index in [4.69, 9.17) is 4.74 Å². The van der Waals surface area contributed by atoms with E-state index < -0.39 is 5.95 Å². The van der Waals surface area contributed by atoms with Crippen molar-refractivity contribution in [2.45, 2.75) is 18.9 Å². The van der Waals surface area contributed by atoms with Gasteiger partial charge in [-0.3, -0.25) is 9.69 Å². The van der Waals surface area contributed by atoms with E-state index in [0.29, 0.717) is 29.8 Å². The summed E-state index contributed by atoms with van der Waals surface area (Å²) in [5, 5.41) is 9.26. The van der Waals surface area contributed by atoms with Crippen LogP contribution in [0.25, 0.3) is 0 Å². The first-order valence-electron chi connectivity index (χ1n) is 8.75. The van der Waals surface area contributed by atoms with Gasteiger partial charge in [0, 0.05) is 13.1 Å². The van der Waals surface area contributed by atoms with E-state index in [1.54, 1.807) is 12.1 Å². The topological polar surface area (TPSA) is 75.6 Å². The Balaban J connectivity index is 1.28. The van der Waals surface area contributed by atoms with Crippen molar-refractivity contribution in [1.82, 2.24) is 14.9 Å². The van der Waals surface area contributed by atoms with Gasteiger partial charge >= 0.3 is 0 Å². The monoisotopic (exact) mass is 357 g/mol. The zero-order valence-corrected chi connectivity index (χ0v) is 14.2. The number of ether oxygens (including phenoxy) is 1. The van der Waals surface area contributed by atoms with Crippen molar-refractivity contribution in [2.75, 3.05) is 19.6 Å². The summed E-state index contributed by atoms with van der Waals surface area (Å²) in [7, 11) is 0. The lowest BCUT2D eigenvalue weighted by Gasteiger charge is -2.19. The Labute approximate surface area is 150 Å². The number of rotatable bonds is 5. The number of nitrogens with zero attached hydrogens (tertiary/aromatic N) is 3. The molecule has 1 saturated heterocycles. The number of pyridine rings is 2. The van der Waals surface area contributed by atoms with Crippen molar-refractivity contribution in [2.24, 2.45) is 11.8 Å². The highest BCUT2D eigenvalue weighted by Crippen LogP contribution is 2.39. The molecular weight excluding hydrogens is 337 g/mol. The van der Waals surface area contributed by atoms with E-state index >= 15 is 0 Å². The molecule has 1 N–H and O–H groups in total. The number of ketones is 1. The van der Waals surface area contributed by atoms with Gasteiger partial charge in [-0.2, -0.15) is 4.39 Å². The molecule has 2 aromatic rings. The molecule has 0 unspecified atom stereocenters. The summed E-state index contributed by atoms with van der Waals surface area (Å²) in [4.78, 5) is 22.1. The van der Waals surface area contributed by atoms with Crippen LogP contribution < -0.4 is 4.74 Å². The van der Waals surface area contributed by atoms with E-state index in [0.717, 1.165) is 25.9 Å². The number of carbonyl (C=O) groups excluding carboxylic acids is 1. The van der Waals surface area contributed by atoms with Crippen LogP contribution >= 0.6 is 0 Å². The van der Waals surface area contributed by atoms with Crippen molar-refractivity contribution in [3.05, 3.63) is 48.3 Å². The lowest BCUT2D eigenvalue weighted by atomic mass is 10.0. The van der Waals surface area contributed by atoms with Crippen LogP contribution in [0.2, 0.25) is 0 Å². The summed E-state index contributed by atoms with van der Waals surface area (Å²) in [5.41, 5.74) is 0.380. The molecule has 1 saturated carbocycles. The Morgan fingerprint density at radius 1 is 1.15 bits per heavy atom. The van der Waals surface area contributed by atoms with Crippen molar-refractivity contribution >= 4 is 5.78 Å². The SMILES string of the molecule is O=C(CN1C[C@H]2C[C@@H](Oc3ccc(F)nc3)C[C@H]2C1)c1ccc(O)cn1. The van der Waals surface area contributed by atoms with E-state index in [1.807, 2.05) is 0 Å². The van der Waals surface area contributed by atoms with Crippen LogP contribution in [0.4, 0.5) is 4.39 Å². The molecule has 0 radical (unpaired) electrons. The molecule has 1 aliphatic carbocycles. The van der Waals surface area contributed by atoms with Crippen LogP contribution in [0.5, 0.6) is 11.5 Å². The molecule has 4 rings (SSSR count). The molecule has 3 atom stereocenters. The third-order valence-electron chi connectivity index (χ3n) is 5.19. The van der Waals surface area contributed by atoms with Gasteiger partial charge < -0.3 is 9.84 Å². The van der Waals surface area contributed by atoms with Gasteiger partial charge in [0.05, 0.1) is 25.0 Å². The van der Waals surface area contributed by atoms with E-state index in [1.165, 1.54) is 24.5 Å². The fourth-order valence-corrected chi connectivity index (χ4v) is 4.03. The molecule has 2 aromatic heterocycles. The molecule has 2 aliphatic rings. The van der Waals surface area contributed by atoms with Gasteiger partial charge in [0.25, 0.3) is 0 Å². The van der Waals surface area contributed by atoms with Crippen LogP contribution in [-0.2, 0) is 0 Å². The van der Waals surface area contributed by atoms with Crippen LogP contribution in [0.3, 0.4) is 0 Å². The average molecular weight is 357 g/mol. The predicted octanol–water partition coefficient (Wildman–Crippen LogP) is 2.29. The zero-order chi connectivity index (χ0) is 18.1. The number of hydrogen-bond donors (Lipinski definition) is 1. The van der Waals surface area contributed by atoms with E-state index in [9.17, 15) is 14.3 Å². The number of carbonyl (C=O) groups is 1. The highest BCUT2D eigenvalue weighted by molar-refractivity contribution is 5.95. The first-order valence-corrected chi connectivity index (χ1v) is 8.75. The normalized spacial score (nSPS) is 25.2. The third kappa shape index (κ3) is 3.67. The number of Topliss-reactive ketones (excluding diaryl/α,β-unsaturated/α-hetero) is 1. The third-order valence-corrected chi connectivity index (χ3v) is 5.19. The lowest BCUT2D eigenvalue weighted by molar-refractivity contribution is 0.0931. The first-order chi connectivity index (χ1) is 12.6. The predicted molar refractivity (Wildman–Crippen MR) is 91.5 cm³/mol. The lowest BCUT2D eigenvalue weighted by Crippen LogP contribution is -2.30. The van der Waals surface area contributed by atoms with Gasteiger partial charge in [0.15, 0.2) is 5.78 Å². The van der Waals surface area contributed by atoms with Gasteiger partial charge in [0.1, 0.15) is 17.2 Å². The van der Waals surface area contributed by atoms with Crippen molar-refractivity contribution in [1.29, 1.82) is 0 Å². The van der Waals surface area contributed by atoms with Crippen molar-refractivity contribution < 1.29 is 19.0 Å². The molecule has 3 heterocycles. The summed E-state index contributed by atoms with van der Waals surface area (Å²) in [6, 6.07) is 5.93. The summed E-state index contributed by atoms with van der Waals surface area (Å²) in [6.45, 7) is 2.09. The Kier molecular flexibility index (Phi) is 4.55. The maximum atomic E-state index is 12.9. The van der Waals surface area contributed by atoms with E-state index in [2.05, 4.69) is 14.9 Å². The molecule has 0 bridgehead atoms. The Bertz CT molecular complexity index is 768. The van der Waals surface area contributed by atoms with Gasteiger partial charge in [-0.05, 0) is 48.9 Å². The number of halogens is 1. The molecule has 0 spiro atoms. The summed E-state index contributed by atoms with van der Waals surface area (Å²) >= 11 is 0. The minimum absolute atomic E-state index is 0.0323. The van der Waals surface area contributed by atoms with Gasteiger partial charge in [-0.1, -0.05) is 0 Å². The molecule has 7 heteroatoms. The van der Waals surface area contributed by atoms with Crippen molar-refractivity contribution in [3.63, 3.8) is 0 Å². The Morgan fingerprint density at radius 3 is 2.54 bits per heavy atom. The fourth-order valence-electron chi connectivity index (χ4n) is 4.03. The minimum atomic E-state index is -0.510.